The molecule has 0 saturated carbocycles. The fourth-order valence-corrected chi connectivity index (χ4v) is 4.97. The van der Waals surface area contributed by atoms with Crippen LogP contribution in [0.3, 0.4) is 0 Å². The smallest absolute Gasteiger partial charge is 0.233 e. The monoisotopic (exact) mass is 899 g/mol. The first-order valence-electron chi connectivity index (χ1n) is 23.0. The number of benzene rings is 6. The van der Waals surface area contributed by atoms with Crippen LogP contribution >= 0.6 is 0 Å². The molecule has 1 aliphatic rings. The number of hydrogen-bond donors (Lipinski definition) is 0. The van der Waals surface area contributed by atoms with Crippen LogP contribution in [0.4, 0.5) is 0 Å². The molecule has 0 atom stereocenters. The van der Waals surface area contributed by atoms with Crippen molar-refractivity contribution < 1.29 is 38.2 Å². The van der Waals surface area contributed by atoms with E-state index in [0.29, 0.717) is 41.0 Å². The minimum absolute atomic E-state index is 0.360. The Balaban J connectivity index is -0.000000753. The Labute approximate surface area is 396 Å². The van der Waals surface area contributed by atoms with Gasteiger partial charge in [-0.3, -0.25) is 28.8 Å². The van der Waals surface area contributed by atoms with E-state index >= 15 is 0 Å². The summed E-state index contributed by atoms with van der Waals surface area (Å²) in [6, 6.07) is 49.1. The Kier molecular flexibility index (Phi) is 41.9. The number of carbonyl (C=O) groups excluding carboxylic acids is 6. The van der Waals surface area contributed by atoms with Crippen molar-refractivity contribution in [2.75, 3.05) is 13.2 Å². The van der Waals surface area contributed by atoms with Gasteiger partial charge in [-0.1, -0.05) is 253 Å². The van der Waals surface area contributed by atoms with Gasteiger partial charge in [0.25, 0.3) is 0 Å². The molecule has 6 aromatic carbocycles. The quantitative estimate of drug-likeness (QED) is 0.0799. The van der Waals surface area contributed by atoms with Crippen molar-refractivity contribution in [3.8, 4) is 0 Å². The van der Waals surface area contributed by atoms with Crippen LogP contribution in [-0.4, -0.2) is 48.9 Å². The van der Waals surface area contributed by atoms with E-state index in [4.69, 9.17) is 9.47 Å². The van der Waals surface area contributed by atoms with E-state index in [9.17, 15) is 28.8 Å². The van der Waals surface area contributed by atoms with Crippen LogP contribution in [0.1, 0.15) is 163 Å². The molecule has 7 rings (SSSR count). The SMILES string of the molecule is CC.CC.CC.CC.CC.CC.Cc1ccccc1C=O.O=C(C(=O)c1ccccc1)c1ccccc1.O=C(C(=O)c1ccccc1)c1ccccc1.O=Cc1ccccc1C1OCCO1. The van der Waals surface area contributed by atoms with Gasteiger partial charge in [-0.15, -0.1) is 0 Å². The van der Waals surface area contributed by atoms with Crippen molar-refractivity contribution in [3.05, 3.63) is 214 Å². The summed E-state index contributed by atoms with van der Waals surface area (Å²) in [6.45, 7) is 27.1. The Morgan fingerprint density at radius 3 is 0.864 bits per heavy atom. The van der Waals surface area contributed by atoms with Crippen molar-refractivity contribution in [2.24, 2.45) is 0 Å². The van der Waals surface area contributed by atoms with E-state index in [2.05, 4.69) is 0 Å². The lowest BCUT2D eigenvalue weighted by Crippen LogP contribution is -2.14. The largest absolute Gasteiger partial charge is 0.346 e. The maximum absolute atomic E-state index is 11.8. The van der Waals surface area contributed by atoms with Crippen LogP contribution in [0.2, 0.25) is 0 Å². The number of aldehydes is 2. The maximum atomic E-state index is 11.8. The summed E-state index contributed by atoms with van der Waals surface area (Å²) in [7, 11) is 0. The lowest BCUT2D eigenvalue weighted by atomic mass is 10.0. The molecule has 354 valence electrons. The molecule has 66 heavy (non-hydrogen) atoms. The molecule has 6 aromatic rings. The maximum Gasteiger partial charge on any atom is 0.233 e. The van der Waals surface area contributed by atoms with Crippen molar-refractivity contribution in [1.82, 2.24) is 0 Å². The van der Waals surface area contributed by atoms with Crippen LogP contribution in [0.25, 0.3) is 0 Å². The van der Waals surface area contributed by atoms with E-state index in [1.54, 1.807) is 103 Å². The summed E-state index contributed by atoms with van der Waals surface area (Å²) in [5.74, 6) is -1.86. The third-order valence-electron chi connectivity index (χ3n) is 7.87. The zero-order valence-corrected chi connectivity index (χ0v) is 41.6. The highest BCUT2D eigenvalue weighted by Gasteiger charge is 2.21. The van der Waals surface area contributed by atoms with Crippen LogP contribution in [0.5, 0.6) is 0 Å². The van der Waals surface area contributed by atoms with Gasteiger partial charge in [-0.25, -0.2) is 0 Å². The van der Waals surface area contributed by atoms with Crippen LogP contribution < -0.4 is 0 Å². The van der Waals surface area contributed by atoms with E-state index in [1.807, 2.05) is 157 Å². The molecular weight excluding hydrogens is 825 g/mol. The zero-order chi connectivity index (χ0) is 50.5. The molecule has 0 radical (unpaired) electrons. The fourth-order valence-electron chi connectivity index (χ4n) is 4.97. The first-order chi connectivity index (χ1) is 32.3. The molecule has 0 bridgehead atoms. The normalized spacial score (nSPS) is 9.95. The second kappa shape index (κ2) is 43.5. The van der Waals surface area contributed by atoms with Gasteiger partial charge in [0.15, 0.2) is 12.6 Å². The molecule has 1 fully saturated rings. The van der Waals surface area contributed by atoms with Crippen molar-refractivity contribution in [3.63, 3.8) is 0 Å². The minimum atomic E-state index is -0.466. The first kappa shape index (κ1) is 63.5. The van der Waals surface area contributed by atoms with Crippen LogP contribution in [-0.2, 0) is 9.47 Å². The molecule has 0 spiro atoms. The Morgan fingerprint density at radius 1 is 0.364 bits per heavy atom. The summed E-state index contributed by atoms with van der Waals surface area (Å²) in [5, 5.41) is 0. The summed E-state index contributed by atoms with van der Waals surface area (Å²) in [6.07, 6.45) is 1.33. The second-order valence-electron chi connectivity index (χ2n) is 11.6. The Bertz CT molecular complexity index is 1930. The Morgan fingerprint density at radius 2 is 0.606 bits per heavy atom. The Hall–Kier alpha value is -6.74. The van der Waals surface area contributed by atoms with Gasteiger partial charge in [0.05, 0.1) is 13.2 Å². The highest BCUT2D eigenvalue weighted by Crippen LogP contribution is 2.25. The third-order valence-corrected chi connectivity index (χ3v) is 7.87. The summed E-state index contributed by atoms with van der Waals surface area (Å²) in [5.41, 5.74) is 4.97. The topological polar surface area (TPSA) is 121 Å². The summed E-state index contributed by atoms with van der Waals surface area (Å²) < 4.78 is 10.6. The number of hydrogen-bond acceptors (Lipinski definition) is 8. The highest BCUT2D eigenvalue weighted by molar-refractivity contribution is 6.49. The van der Waals surface area contributed by atoms with Crippen molar-refractivity contribution in [1.29, 1.82) is 0 Å². The van der Waals surface area contributed by atoms with Crippen LogP contribution in [0.15, 0.2) is 170 Å². The van der Waals surface area contributed by atoms with E-state index in [-0.39, 0.29) is 6.29 Å². The van der Waals surface area contributed by atoms with Gasteiger partial charge in [0, 0.05) is 38.9 Å². The highest BCUT2D eigenvalue weighted by atomic mass is 16.7. The van der Waals surface area contributed by atoms with Crippen molar-refractivity contribution >= 4 is 35.7 Å². The number of ketones is 4. The molecule has 1 aliphatic heterocycles. The molecule has 0 aliphatic carbocycles. The standard InChI is InChI=1S/2C14H10O2.C10H10O3.C8H8O.6C2H6/c2*15-13(11-7-3-1-4-8-11)14(16)12-9-5-2-6-10-12;11-7-8-3-1-2-4-9(8)10-12-5-6-13-10;1-7-4-2-3-5-8(7)6-9;6*1-2/h2*1-10H;1-4,7,10H,5-6H2;2-6H,1H3;6*1-2H3. The predicted octanol–water partition coefficient (Wildman–Crippen LogP) is 15.0. The number of Topliss-reactive ketones (excluding diaryl/α,β-unsaturated/α-hetero) is 4. The van der Waals surface area contributed by atoms with Gasteiger partial charge >= 0.3 is 0 Å². The number of carbonyl (C=O) groups is 6. The number of ether oxygens (including phenoxy) is 2. The molecule has 0 aromatic heterocycles. The molecular formula is C58H74O8. The van der Waals surface area contributed by atoms with E-state index < -0.39 is 23.1 Å². The summed E-state index contributed by atoms with van der Waals surface area (Å²) in [4.78, 5) is 68.1. The molecule has 0 unspecified atom stereocenters. The molecule has 1 saturated heterocycles. The van der Waals surface area contributed by atoms with Gasteiger partial charge in [-0.05, 0) is 12.5 Å². The molecule has 0 N–H and O–H groups in total. The number of aryl methyl sites for hydroxylation is 1. The summed E-state index contributed by atoms with van der Waals surface area (Å²) >= 11 is 0. The number of rotatable bonds is 9. The van der Waals surface area contributed by atoms with Gasteiger partial charge in [0.1, 0.15) is 6.29 Å². The molecule has 0 amide bonds. The van der Waals surface area contributed by atoms with Gasteiger partial charge in [0.2, 0.25) is 23.1 Å². The van der Waals surface area contributed by atoms with Gasteiger partial charge < -0.3 is 9.47 Å². The average Bonchev–Trinajstić information content (AvgIpc) is 3.98. The molecule has 1 heterocycles. The fraction of sp³-hybridized carbons (Fsp3) is 0.276. The van der Waals surface area contributed by atoms with Gasteiger partial charge in [-0.2, -0.15) is 0 Å². The lowest BCUT2D eigenvalue weighted by Gasteiger charge is -2.10. The second-order valence-corrected chi connectivity index (χ2v) is 11.6. The van der Waals surface area contributed by atoms with E-state index in [1.165, 1.54) is 0 Å². The van der Waals surface area contributed by atoms with Crippen molar-refractivity contribution in [2.45, 2.75) is 96.3 Å². The lowest BCUT2D eigenvalue weighted by molar-refractivity contribution is -0.0444. The molecule has 8 heteroatoms. The minimum Gasteiger partial charge on any atom is -0.346 e. The van der Waals surface area contributed by atoms with E-state index in [0.717, 1.165) is 29.3 Å². The van der Waals surface area contributed by atoms with Crippen LogP contribution in [0, 0.1) is 6.92 Å². The zero-order valence-electron chi connectivity index (χ0n) is 41.6. The predicted molar refractivity (Wildman–Crippen MR) is 274 cm³/mol. The first-order valence-corrected chi connectivity index (χ1v) is 23.0. The average molecular weight is 899 g/mol. The molecule has 8 nitrogen and oxygen atoms in total. The third kappa shape index (κ3) is 24.4.